The standard InChI is InChI=1S/C26H30ClN3O4/c1-3-34-26(32)18-12-14-29(15-13-18)17-25(31)30-23(19-8-4-6-10-21(19)27)16-22(28-30)20-9-5-7-11-24(20)33-2/h4-11,18,23H,3,12-17H2,1-2H3/t23-/m0/s1. The summed E-state index contributed by atoms with van der Waals surface area (Å²) in [4.78, 5) is 27.6. The fraction of sp³-hybridized carbons (Fsp3) is 0.423. The number of nitrogens with zero attached hydrogens (tertiary/aromatic N) is 3. The zero-order valence-electron chi connectivity index (χ0n) is 19.6. The van der Waals surface area contributed by atoms with Crippen LogP contribution in [0.5, 0.6) is 5.75 Å². The maximum Gasteiger partial charge on any atom is 0.309 e. The molecule has 2 aromatic carbocycles. The molecule has 8 heteroatoms. The highest BCUT2D eigenvalue weighted by Gasteiger charge is 2.36. The molecule has 34 heavy (non-hydrogen) atoms. The van der Waals surface area contributed by atoms with Gasteiger partial charge in [0.2, 0.25) is 0 Å². The summed E-state index contributed by atoms with van der Waals surface area (Å²) in [5.74, 6) is 0.390. The van der Waals surface area contributed by atoms with Gasteiger partial charge >= 0.3 is 5.97 Å². The first-order chi connectivity index (χ1) is 16.5. The summed E-state index contributed by atoms with van der Waals surface area (Å²) in [7, 11) is 1.63. The molecule has 4 rings (SSSR count). The van der Waals surface area contributed by atoms with Gasteiger partial charge in [-0.05, 0) is 56.6 Å². The quantitative estimate of drug-likeness (QED) is 0.549. The number of amides is 1. The molecule has 0 saturated carbocycles. The van der Waals surface area contributed by atoms with Gasteiger partial charge in [0.1, 0.15) is 5.75 Å². The van der Waals surface area contributed by atoms with Gasteiger partial charge in [-0.1, -0.05) is 41.9 Å². The number of ether oxygens (including phenoxy) is 2. The minimum absolute atomic E-state index is 0.0931. The second-order valence-corrected chi connectivity index (χ2v) is 8.94. The fourth-order valence-electron chi connectivity index (χ4n) is 4.62. The Morgan fingerprint density at radius 2 is 1.79 bits per heavy atom. The number of carbonyl (C=O) groups excluding carboxylic acids is 2. The molecule has 0 bridgehead atoms. The Bertz CT molecular complexity index is 1070. The van der Waals surface area contributed by atoms with Crippen molar-refractivity contribution in [3.63, 3.8) is 0 Å². The molecule has 2 aromatic rings. The second-order valence-electron chi connectivity index (χ2n) is 8.53. The predicted molar refractivity (Wildman–Crippen MR) is 131 cm³/mol. The van der Waals surface area contributed by atoms with E-state index in [1.54, 1.807) is 12.1 Å². The highest BCUT2D eigenvalue weighted by atomic mass is 35.5. The zero-order valence-corrected chi connectivity index (χ0v) is 20.3. The van der Waals surface area contributed by atoms with Gasteiger partial charge in [0.15, 0.2) is 0 Å². The highest BCUT2D eigenvalue weighted by molar-refractivity contribution is 6.31. The molecule has 0 aliphatic carbocycles. The number of halogens is 1. The van der Waals surface area contributed by atoms with Crippen molar-refractivity contribution < 1.29 is 19.1 Å². The molecule has 0 spiro atoms. The molecule has 1 saturated heterocycles. The number of para-hydroxylation sites is 1. The van der Waals surface area contributed by atoms with Gasteiger partial charge in [0.05, 0.1) is 37.9 Å². The summed E-state index contributed by atoms with van der Waals surface area (Å²) < 4.78 is 10.7. The summed E-state index contributed by atoms with van der Waals surface area (Å²) in [6.07, 6.45) is 1.92. The number of hydrogen-bond donors (Lipinski definition) is 0. The lowest BCUT2D eigenvalue weighted by atomic mass is 9.96. The van der Waals surface area contributed by atoms with E-state index in [2.05, 4.69) is 4.90 Å². The third-order valence-corrected chi connectivity index (χ3v) is 6.76. The first kappa shape index (κ1) is 24.2. The van der Waals surface area contributed by atoms with E-state index in [9.17, 15) is 9.59 Å². The molecule has 0 aromatic heterocycles. The average Bonchev–Trinajstić information content (AvgIpc) is 3.30. The van der Waals surface area contributed by atoms with Crippen molar-refractivity contribution in [3.8, 4) is 5.75 Å². The predicted octanol–water partition coefficient (Wildman–Crippen LogP) is 4.30. The van der Waals surface area contributed by atoms with E-state index in [0.717, 1.165) is 22.6 Å². The SMILES string of the molecule is CCOC(=O)C1CCN(CC(=O)N2N=C(c3ccccc3OC)C[C@H]2c2ccccc2Cl)CC1. The van der Waals surface area contributed by atoms with Crippen molar-refractivity contribution in [2.24, 2.45) is 11.0 Å². The smallest absolute Gasteiger partial charge is 0.309 e. The van der Waals surface area contributed by atoms with Gasteiger partial charge < -0.3 is 9.47 Å². The van der Waals surface area contributed by atoms with Gasteiger partial charge in [0, 0.05) is 17.0 Å². The number of hydrogen-bond acceptors (Lipinski definition) is 6. The van der Waals surface area contributed by atoms with Crippen LogP contribution in [0.15, 0.2) is 53.6 Å². The van der Waals surface area contributed by atoms with Crippen LogP contribution in [0.1, 0.15) is 43.4 Å². The third kappa shape index (κ3) is 5.26. The largest absolute Gasteiger partial charge is 0.496 e. The first-order valence-electron chi connectivity index (χ1n) is 11.7. The molecular weight excluding hydrogens is 454 g/mol. The molecule has 1 fully saturated rings. The van der Waals surface area contributed by atoms with Gasteiger partial charge in [-0.15, -0.1) is 0 Å². The fourth-order valence-corrected chi connectivity index (χ4v) is 4.89. The van der Waals surface area contributed by atoms with E-state index in [1.807, 2.05) is 55.5 Å². The summed E-state index contributed by atoms with van der Waals surface area (Å²) in [6, 6.07) is 15.0. The van der Waals surface area contributed by atoms with Crippen molar-refractivity contribution in [1.29, 1.82) is 0 Å². The van der Waals surface area contributed by atoms with Gasteiger partial charge in [-0.2, -0.15) is 5.10 Å². The van der Waals surface area contributed by atoms with Gasteiger partial charge in [-0.25, -0.2) is 5.01 Å². The molecule has 0 radical (unpaired) electrons. The molecule has 1 amide bonds. The van der Waals surface area contributed by atoms with Crippen LogP contribution in [-0.4, -0.2) is 60.8 Å². The van der Waals surface area contributed by atoms with Crippen LogP contribution in [0.2, 0.25) is 5.02 Å². The van der Waals surface area contributed by atoms with E-state index in [4.69, 9.17) is 26.2 Å². The van der Waals surface area contributed by atoms with Crippen molar-refractivity contribution in [1.82, 2.24) is 9.91 Å². The lowest BCUT2D eigenvalue weighted by Gasteiger charge is -2.32. The summed E-state index contributed by atoms with van der Waals surface area (Å²) in [5.41, 5.74) is 2.52. The lowest BCUT2D eigenvalue weighted by molar-refractivity contribution is -0.149. The number of hydrazone groups is 1. The van der Waals surface area contributed by atoms with E-state index >= 15 is 0 Å². The molecule has 1 atom stereocenters. The summed E-state index contributed by atoms with van der Waals surface area (Å²) >= 11 is 6.52. The third-order valence-electron chi connectivity index (χ3n) is 6.41. The molecule has 0 unspecified atom stereocenters. The van der Waals surface area contributed by atoms with Gasteiger partial charge in [-0.3, -0.25) is 14.5 Å². The Labute approximate surface area is 205 Å². The van der Waals surface area contributed by atoms with Crippen LogP contribution in [-0.2, 0) is 14.3 Å². The van der Waals surface area contributed by atoms with Crippen molar-refractivity contribution >= 4 is 29.2 Å². The number of carbonyl (C=O) groups is 2. The first-order valence-corrected chi connectivity index (χ1v) is 12.1. The molecule has 7 nitrogen and oxygen atoms in total. The number of methoxy groups -OCH3 is 1. The maximum atomic E-state index is 13.5. The minimum Gasteiger partial charge on any atom is -0.496 e. The monoisotopic (exact) mass is 483 g/mol. The van der Waals surface area contributed by atoms with Crippen molar-refractivity contribution in [2.75, 3.05) is 33.4 Å². The van der Waals surface area contributed by atoms with Crippen LogP contribution in [0, 0.1) is 5.92 Å². The molecular formula is C26H30ClN3O4. The Morgan fingerprint density at radius 1 is 1.09 bits per heavy atom. The molecule has 2 aliphatic heterocycles. The summed E-state index contributed by atoms with van der Waals surface area (Å²) in [5, 5.41) is 6.94. The second kappa shape index (κ2) is 11.0. The number of esters is 1. The minimum atomic E-state index is -0.293. The Morgan fingerprint density at radius 3 is 2.50 bits per heavy atom. The van der Waals surface area contributed by atoms with Crippen LogP contribution in [0.4, 0.5) is 0 Å². The average molecular weight is 484 g/mol. The Kier molecular flexibility index (Phi) is 7.85. The number of piperidine rings is 1. The van der Waals surface area contributed by atoms with Crippen LogP contribution in [0.25, 0.3) is 0 Å². The molecule has 2 heterocycles. The lowest BCUT2D eigenvalue weighted by Crippen LogP contribution is -2.43. The summed E-state index contributed by atoms with van der Waals surface area (Å²) in [6.45, 7) is 3.78. The topological polar surface area (TPSA) is 71.4 Å². The molecule has 0 N–H and O–H groups in total. The Hall–Kier alpha value is -2.90. The van der Waals surface area contributed by atoms with Crippen LogP contribution in [0.3, 0.4) is 0 Å². The van der Waals surface area contributed by atoms with E-state index < -0.39 is 0 Å². The molecule has 180 valence electrons. The van der Waals surface area contributed by atoms with E-state index in [-0.39, 0.29) is 30.4 Å². The van der Waals surface area contributed by atoms with Crippen molar-refractivity contribution in [2.45, 2.75) is 32.2 Å². The van der Waals surface area contributed by atoms with E-state index in [1.165, 1.54) is 0 Å². The number of benzene rings is 2. The van der Waals surface area contributed by atoms with Crippen LogP contribution >= 0.6 is 11.6 Å². The maximum absolute atomic E-state index is 13.5. The number of rotatable bonds is 7. The Balaban J connectivity index is 1.53. The van der Waals surface area contributed by atoms with Crippen molar-refractivity contribution in [3.05, 3.63) is 64.7 Å². The van der Waals surface area contributed by atoms with E-state index in [0.29, 0.717) is 44.0 Å². The molecule has 2 aliphatic rings. The van der Waals surface area contributed by atoms with Gasteiger partial charge in [0.25, 0.3) is 5.91 Å². The number of likely N-dealkylation sites (tertiary alicyclic amines) is 1. The zero-order chi connectivity index (χ0) is 24.1. The van der Waals surface area contributed by atoms with Crippen LogP contribution < -0.4 is 4.74 Å². The highest BCUT2D eigenvalue weighted by Crippen LogP contribution is 2.38. The normalized spacial score (nSPS) is 19.1.